The molecule has 2 aromatic heterocycles. The average Bonchev–Trinajstić information content (AvgIpc) is 3.25. The number of carbonyl (C=O) groups excluding carboxylic acids is 2. The second-order valence-electron chi connectivity index (χ2n) is 9.29. The predicted octanol–water partition coefficient (Wildman–Crippen LogP) is 3.17. The van der Waals surface area contributed by atoms with E-state index in [1.54, 1.807) is 46.1 Å². The fourth-order valence-electron chi connectivity index (χ4n) is 3.10. The van der Waals surface area contributed by atoms with Crippen LogP contribution in [-0.4, -0.2) is 60.7 Å². The van der Waals surface area contributed by atoms with E-state index in [9.17, 15) is 14.7 Å². The Balaban J connectivity index is 2.03. The van der Waals surface area contributed by atoms with Crippen LogP contribution in [0.5, 0.6) is 0 Å². The van der Waals surface area contributed by atoms with E-state index in [0.717, 1.165) is 4.90 Å². The first-order valence-electron chi connectivity index (χ1n) is 10.1. The third-order valence-corrected chi connectivity index (χ3v) is 4.30. The predicted molar refractivity (Wildman–Crippen MR) is 110 cm³/mol. The third-order valence-electron chi connectivity index (χ3n) is 4.30. The van der Waals surface area contributed by atoms with Crippen LogP contribution in [0.3, 0.4) is 0 Å². The molecule has 1 N–H and O–H groups in total. The van der Waals surface area contributed by atoms with Crippen molar-refractivity contribution in [2.45, 2.75) is 77.9 Å². The van der Waals surface area contributed by atoms with Gasteiger partial charge in [0.15, 0.2) is 17.0 Å². The molecule has 1 aliphatic rings. The van der Waals surface area contributed by atoms with Gasteiger partial charge in [-0.1, -0.05) is 0 Å². The second kappa shape index (κ2) is 8.39. The largest absolute Gasteiger partial charge is 0.443 e. The molecule has 2 aromatic rings. The van der Waals surface area contributed by atoms with E-state index in [0.29, 0.717) is 18.5 Å². The van der Waals surface area contributed by atoms with E-state index in [1.807, 2.05) is 0 Å². The minimum atomic E-state index is -0.936. The van der Waals surface area contributed by atoms with Gasteiger partial charge in [-0.3, -0.25) is 4.57 Å². The number of anilines is 1. The van der Waals surface area contributed by atoms with Crippen LogP contribution < -0.4 is 4.90 Å². The zero-order chi connectivity index (χ0) is 23.0. The van der Waals surface area contributed by atoms with Crippen LogP contribution in [0.15, 0.2) is 12.7 Å². The zero-order valence-corrected chi connectivity index (χ0v) is 18.7. The Bertz CT molecular complexity index is 933. The summed E-state index contributed by atoms with van der Waals surface area (Å²) >= 11 is 0. The topological polar surface area (TPSA) is 129 Å². The molecule has 2 atom stereocenters. The van der Waals surface area contributed by atoms with Gasteiger partial charge in [0.25, 0.3) is 0 Å². The summed E-state index contributed by atoms with van der Waals surface area (Å²) in [5.41, 5.74) is -1.10. The highest BCUT2D eigenvalue weighted by Gasteiger charge is 2.36. The number of fused-ring (bicyclic) bond motifs is 1. The van der Waals surface area contributed by atoms with E-state index in [4.69, 9.17) is 14.2 Å². The number of nitrogens with zero attached hydrogens (tertiary/aromatic N) is 5. The van der Waals surface area contributed by atoms with Crippen LogP contribution >= 0.6 is 0 Å². The van der Waals surface area contributed by atoms with Gasteiger partial charge in [0, 0.05) is 0 Å². The number of rotatable bonds is 3. The standard InChI is InChI=1S/C20H29N5O6/c1-19(2,3)30-17(27)25(18(28)31-20(4,5)6)16-14-15(21-10-22-16)24(11-23-14)13-8-7-12(9-26)29-13/h10-13,26H,7-9H2,1-6H3/t12-,13+/m0/s1. The van der Waals surface area contributed by atoms with Crippen molar-refractivity contribution >= 4 is 29.2 Å². The molecule has 3 heterocycles. The first-order chi connectivity index (χ1) is 14.4. The Hall–Kier alpha value is -2.79. The Labute approximate surface area is 180 Å². The molecule has 11 heteroatoms. The molecule has 0 spiro atoms. The van der Waals surface area contributed by atoms with E-state index in [2.05, 4.69) is 15.0 Å². The number of carbonyl (C=O) groups is 2. The second-order valence-corrected chi connectivity index (χ2v) is 9.29. The quantitative estimate of drug-likeness (QED) is 0.772. The molecule has 3 rings (SSSR count). The van der Waals surface area contributed by atoms with Gasteiger partial charge in [0.2, 0.25) is 0 Å². The maximum Gasteiger partial charge on any atom is 0.425 e. The molecule has 1 fully saturated rings. The van der Waals surface area contributed by atoms with Crippen molar-refractivity contribution in [3.8, 4) is 0 Å². The lowest BCUT2D eigenvalue weighted by atomic mass is 10.2. The van der Waals surface area contributed by atoms with Gasteiger partial charge in [0.1, 0.15) is 23.8 Å². The molecule has 170 valence electrons. The van der Waals surface area contributed by atoms with Gasteiger partial charge < -0.3 is 19.3 Å². The minimum Gasteiger partial charge on any atom is -0.443 e. The monoisotopic (exact) mass is 435 g/mol. The molecular weight excluding hydrogens is 406 g/mol. The molecular formula is C20H29N5O6. The maximum absolute atomic E-state index is 12.9. The van der Waals surface area contributed by atoms with Crippen molar-refractivity contribution in [3.63, 3.8) is 0 Å². The summed E-state index contributed by atoms with van der Waals surface area (Å²) in [5, 5.41) is 9.33. The number of aliphatic hydroxyl groups is 1. The highest BCUT2D eigenvalue weighted by molar-refractivity contribution is 6.12. The zero-order valence-electron chi connectivity index (χ0n) is 18.7. The molecule has 0 aromatic carbocycles. The molecule has 1 aliphatic heterocycles. The molecule has 1 saturated heterocycles. The maximum atomic E-state index is 12.9. The van der Waals surface area contributed by atoms with Gasteiger partial charge >= 0.3 is 12.2 Å². The van der Waals surface area contributed by atoms with Crippen molar-refractivity contribution in [1.29, 1.82) is 0 Å². The van der Waals surface area contributed by atoms with Gasteiger partial charge in [0.05, 0.1) is 19.0 Å². The van der Waals surface area contributed by atoms with E-state index < -0.39 is 23.4 Å². The van der Waals surface area contributed by atoms with Crippen molar-refractivity contribution in [3.05, 3.63) is 12.7 Å². The van der Waals surface area contributed by atoms with E-state index >= 15 is 0 Å². The van der Waals surface area contributed by atoms with Crippen molar-refractivity contribution in [2.24, 2.45) is 0 Å². The lowest BCUT2D eigenvalue weighted by Gasteiger charge is -2.28. The molecule has 0 aliphatic carbocycles. The van der Waals surface area contributed by atoms with E-state index in [1.165, 1.54) is 12.7 Å². The van der Waals surface area contributed by atoms with Gasteiger partial charge in [-0.15, -0.1) is 0 Å². The summed E-state index contributed by atoms with van der Waals surface area (Å²) < 4.78 is 18.3. The van der Waals surface area contributed by atoms with Crippen LogP contribution in [0.25, 0.3) is 11.2 Å². The van der Waals surface area contributed by atoms with Gasteiger partial charge in [-0.05, 0) is 54.4 Å². The molecule has 31 heavy (non-hydrogen) atoms. The number of ether oxygens (including phenoxy) is 3. The Morgan fingerprint density at radius 2 is 1.71 bits per heavy atom. The number of imidazole rings is 1. The number of imide groups is 1. The number of hydrogen-bond acceptors (Lipinski definition) is 9. The normalized spacial score (nSPS) is 19.5. The van der Waals surface area contributed by atoms with Crippen LogP contribution in [0.1, 0.15) is 60.6 Å². The van der Waals surface area contributed by atoms with Crippen LogP contribution in [0, 0.1) is 0 Å². The molecule has 0 radical (unpaired) electrons. The van der Waals surface area contributed by atoms with Crippen molar-refractivity contribution < 1.29 is 28.9 Å². The Morgan fingerprint density at radius 3 is 2.23 bits per heavy atom. The van der Waals surface area contributed by atoms with Gasteiger partial charge in [-0.25, -0.2) is 24.5 Å². The first-order valence-corrected chi connectivity index (χ1v) is 10.1. The van der Waals surface area contributed by atoms with Gasteiger partial charge in [-0.2, -0.15) is 4.90 Å². The number of hydrogen-bond donors (Lipinski definition) is 1. The highest BCUT2D eigenvalue weighted by atomic mass is 16.6. The summed E-state index contributed by atoms with van der Waals surface area (Å²) in [6, 6.07) is 0. The molecule has 11 nitrogen and oxygen atoms in total. The Kier molecular flexibility index (Phi) is 6.19. The fraction of sp³-hybridized carbons (Fsp3) is 0.650. The van der Waals surface area contributed by atoms with Crippen molar-refractivity contribution in [1.82, 2.24) is 19.5 Å². The molecule has 0 unspecified atom stereocenters. The lowest BCUT2D eigenvalue weighted by molar-refractivity contribution is -0.0207. The number of aliphatic hydroxyl groups excluding tert-OH is 1. The van der Waals surface area contributed by atoms with Crippen molar-refractivity contribution in [2.75, 3.05) is 11.5 Å². The summed E-state index contributed by atoms with van der Waals surface area (Å²) in [6.45, 7) is 10.1. The summed E-state index contributed by atoms with van der Waals surface area (Å²) in [4.78, 5) is 39.3. The SMILES string of the molecule is CC(C)(C)OC(=O)N(C(=O)OC(C)(C)C)c1ncnc2c1ncn2[C@H]1CC[C@@H](CO)O1. The summed E-state index contributed by atoms with van der Waals surface area (Å²) in [7, 11) is 0. The van der Waals surface area contributed by atoms with Crippen LogP contribution in [-0.2, 0) is 14.2 Å². The summed E-state index contributed by atoms with van der Waals surface area (Å²) in [5.74, 6) is -0.0519. The van der Waals surface area contributed by atoms with Crippen LogP contribution in [0.2, 0.25) is 0 Å². The number of aromatic nitrogens is 4. The average molecular weight is 435 g/mol. The molecule has 0 bridgehead atoms. The number of amides is 2. The molecule has 2 amide bonds. The van der Waals surface area contributed by atoms with E-state index in [-0.39, 0.29) is 30.3 Å². The lowest BCUT2D eigenvalue weighted by Crippen LogP contribution is -2.44. The van der Waals surface area contributed by atoms with Crippen LogP contribution in [0.4, 0.5) is 15.4 Å². The first kappa shape index (κ1) is 22.9. The molecule has 0 saturated carbocycles. The Morgan fingerprint density at radius 1 is 1.10 bits per heavy atom. The highest BCUT2D eigenvalue weighted by Crippen LogP contribution is 2.32. The smallest absolute Gasteiger partial charge is 0.425 e. The third kappa shape index (κ3) is 5.28. The summed E-state index contributed by atoms with van der Waals surface area (Å²) in [6.07, 6.45) is 1.59. The minimum absolute atomic E-state index is 0.0519. The fourth-order valence-corrected chi connectivity index (χ4v) is 3.10.